The third-order valence-electron chi connectivity index (χ3n) is 4.32. The summed E-state index contributed by atoms with van der Waals surface area (Å²) < 4.78 is 5.72. The monoisotopic (exact) mass is 445 g/mol. The molecule has 0 bridgehead atoms. The fraction of sp³-hybridized carbons (Fsp3) is 0.632. The zero-order valence-electron chi connectivity index (χ0n) is 15.3. The topological polar surface area (TPSA) is 36.9 Å². The molecule has 1 aromatic rings. The molecule has 0 aliphatic carbocycles. The minimum Gasteiger partial charge on any atom is -0.381 e. The van der Waals surface area contributed by atoms with Gasteiger partial charge in [0.05, 0.1) is 6.61 Å². The smallest absolute Gasteiger partial charge is 0.193 e. The standard InChI is InChI=1S/C19H31N3O.HI/c1-19(2)11-13-22(16-19)18(20-3)21-12-7-14-23-15-10-17-8-5-4-6-9-17;/h4-6,8-9H,7,10-16H2,1-3H3,(H,20,21);1H. The first-order valence-electron chi connectivity index (χ1n) is 8.68. The van der Waals surface area contributed by atoms with Crippen LogP contribution in [-0.4, -0.2) is 50.8 Å². The molecule has 1 fully saturated rings. The van der Waals surface area contributed by atoms with E-state index in [1.807, 2.05) is 13.1 Å². The van der Waals surface area contributed by atoms with Crippen LogP contribution in [0.3, 0.4) is 0 Å². The van der Waals surface area contributed by atoms with Crippen LogP contribution in [-0.2, 0) is 11.2 Å². The fourth-order valence-electron chi connectivity index (χ4n) is 2.94. The summed E-state index contributed by atoms with van der Waals surface area (Å²) >= 11 is 0. The van der Waals surface area contributed by atoms with Crippen molar-refractivity contribution < 1.29 is 4.74 Å². The second kappa shape index (κ2) is 10.9. The minimum absolute atomic E-state index is 0. The van der Waals surface area contributed by atoms with Crippen LogP contribution in [0.5, 0.6) is 0 Å². The Labute approximate surface area is 164 Å². The average molecular weight is 445 g/mol. The third-order valence-corrected chi connectivity index (χ3v) is 4.32. The van der Waals surface area contributed by atoms with Crippen LogP contribution in [0.4, 0.5) is 0 Å². The number of aliphatic imine (C=N–C) groups is 1. The summed E-state index contributed by atoms with van der Waals surface area (Å²) in [5.41, 5.74) is 1.74. The number of benzene rings is 1. The number of halogens is 1. The summed E-state index contributed by atoms with van der Waals surface area (Å²) in [6.07, 6.45) is 3.22. The molecule has 0 saturated carbocycles. The molecule has 1 saturated heterocycles. The number of hydrogen-bond acceptors (Lipinski definition) is 2. The Kier molecular flexibility index (Phi) is 9.66. The van der Waals surface area contributed by atoms with E-state index in [1.165, 1.54) is 12.0 Å². The maximum absolute atomic E-state index is 5.72. The van der Waals surface area contributed by atoms with E-state index in [2.05, 4.69) is 53.3 Å². The van der Waals surface area contributed by atoms with Gasteiger partial charge in [-0.1, -0.05) is 44.2 Å². The lowest BCUT2D eigenvalue weighted by molar-refractivity contribution is 0.135. The van der Waals surface area contributed by atoms with E-state index < -0.39 is 0 Å². The van der Waals surface area contributed by atoms with E-state index in [0.29, 0.717) is 5.41 Å². The number of guanidine groups is 1. The fourth-order valence-corrected chi connectivity index (χ4v) is 2.94. The number of rotatable bonds is 7. The predicted octanol–water partition coefficient (Wildman–Crippen LogP) is 3.56. The largest absolute Gasteiger partial charge is 0.381 e. The lowest BCUT2D eigenvalue weighted by Gasteiger charge is -2.23. The van der Waals surface area contributed by atoms with Crippen LogP contribution in [0.1, 0.15) is 32.3 Å². The van der Waals surface area contributed by atoms with Gasteiger partial charge in [0.2, 0.25) is 0 Å². The lowest BCUT2D eigenvalue weighted by atomic mass is 9.93. The zero-order valence-corrected chi connectivity index (χ0v) is 17.6. The van der Waals surface area contributed by atoms with Crippen LogP contribution >= 0.6 is 24.0 Å². The van der Waals surface area contributed by atoms with Crippen molar-refractivity contribution in [3.05, 3.63) is 35.9 Å². The molecule has 0 amide bonds. The van der Waals surface area contributed by atoms with Crippen molar-refractivity contribution in [3.8, 4) is 0 Å². The SMILES string of the molecule is CN=C(NCCCOCCc1ccccc1)N1CCC(C)(C)C1.I. The summed E-state index contributed by atoms with van der Waals surface area (Å²) in [4.78, 5) is 6.76. The number of hydrogen-bond donors (Lipinski definition) is 1. The molecular formula is C19H32IN3O. The van der Waals surface area contributed by atoms with Gasteiger partial charge in [0, 0.05) is 33.3 Å². The summed E-state index contributed by atoms with van der Waals surface area (Å²) in [7, 11) is 1.87. The average Bonchev–Trinajstić information content (AvgIpc) is 2.91. The first-order chi connectivity index (χ1) is 11.1. The Morgan fingerprint density at radius 2 is 2.00 bits per heavy atom. The van der Waals surface area contributed by atoms with Gasteiger partial charge in [0.25, 0.3) is 0 Å². The van der Waals surface area contributed by atoms with Gasteiger partial charge in [0.15, 0.2) is 5.96 Å². The highest BCUT2D eigenvalue weighted by molar-refractivity contribution is 14.0. The van der Waals surface area contributed by atoms with Crippen molar-refractivity contribution in [3.63, 3.8) is 0 Å². The van der Waals surface area contributed by atoms with Gasteiger partial charge in [-0.3, -0.25) is 4.99 Å². The van der Waals surface area contributed by atoms with Crippen molar-refractivity contribution in [1.29, 1.82) is 0 Å². The molecule has 0 atom stereocenters. The molecule has 2 rings (SSSR count). The highest BCUT2D eigenvalue weighted by Crippen LogP contribution is 2.28. The molecular weight excluding hydrogens is 413 g/mol. The summed E-state index contributed by atoms with van der Waals surface area (Å²) in [6.45, 7) is 9.32. The first kappa shape index (κ1) is 21.2. The van der Waals surface area contributed by atoms with Gasteiger partial charge < -0.3 is 15.0 Å². The predicted molar refractivity (Wildman–Crippen MR) is 112 cm³/mol. The molecule has 0 radical (unpaired) electrons. The van der Waals surface area contributed by atoms with E-state index in [-0.39, 0.29) is 24.0 Å². The summed E-state index contributed by atoms with van der Waals surface area (Å²) in [5.74, 6) is 1.03. The maximum Gasteiger partial charge on any atom is 0.193 e. The molecule has 1 aliphatic heterocycles. The second-order valence-electron chi connectivity index (χ2n) is 7.01. The molecule has 0 unspecified atom stereocenters. The molecule has 4 nitrogen and oxygen atoms in total. The van der Waals surface area contributed by atoms with Gasteiger partial charge in [-0.15, -0.1) is 24.0 Å². The number of nitrogens with zero attached hydrogens (tertiary/aromatic N) is 2. The number of ether oxygens (including phenoxy) is 1. The van der Waals surface area contributed by atoms with E-state index in [1.54, 1.807) is 0 Å². The van der Waals surface area contributed by atoms with Crippen LogP contribution < -0.4 is 5.32 Å². The minimum atomic E-state index is 0. The van der Waals surface area contributed by atoms with Crippen molar-refractivity contribution in [2.45, 2.75) is 33.1 Å². The third kappa shape index (κ3) is 7.38. The van der Waals surface area contributed by atoms with Gasteiger partial charge in [-0.2, -0.15) is 0 Å². The molecule has 0 spiro atoms. The highest BCUT2D eigenvalue weighted by Gasteiger charge is 2.30. The van der Waals surface area contributed by atoms with Crippen molar-refractivity contribution in [2.75, 3.05) is 39.9 Å². The van der Waals surface area contributed by atoms with Gasteiger partial charge in [-0.25, -0.2) is 0 Å². The van der Waals surface area contributed by atoms with Crippen molar-refractivity contribution >= 4 is 29.9 Å². The molecule has 5 heteroatoms. The summed E-state index contributed by atoms with van der Waals surface area (Å²) in [5, 5.41) is 3.45. The van der Waals surface area contributed by atoms with E-state index in [9.17, 15) is 0 Å². The van der Waals surface area contributed by atoms with Crippen LogP contribution in [0.25, 0.3) is 0 Å². The molecule has 24 heavy (non-hydrogen) atoms. The van der Waals surface area contributed by atoms with Crippen LogP contribution in [0.2, 0.25) is 0 Å². The Hall–Kier alpha value is -0.820. The van der Waals surface area contributed by atoms with Gasteiger partial charge in [0.1, 0.15) is 0 Å². The second-order valence-corrected chi connectivity index (χ2v) is 7.01. The first-order valence-corrected chi connectivity index (χ1v) is 8.68. The Balaban J connectivity index is 0.00000288. The number of likely N-dealkylation sites (tertiary alicyclic amines) is 1. The Bertz CT molecular complexity index is 491. The van der Waals surface area contributed by atoms with Crippen LogP contribution in [0.15, 0.2) is 35.3 Å². The molecule has 0 aromatic heterocycles. The Morgan fingerprint density at radius 1 is 1.25 bits per heavy atom. The van der Waals surface area contributed by atoms with E-state index in [0.717, 1.165) is 51.6 Å². The van der Waals surface area contributed by atoms with Gasteiger partial charge in [-0.05, 0) is 30.2 Å². The quantitative estimate of drug-likeness (QED) is 0.302. The normalized spacial score (nSPS) is 16.8. The zero-order chi connectivity index (χ0) is 16.5. The molecule has 136 valence electrons. The van der Waals surface area contributed by atoms with E-state index >= 15 is 0 Å². The Morgan fingerprint density at radius 3 is 2.62 bits per heavy atom. The van der Waals surface area contributed by atoms with Gasteiger partial charge >= 0.3 is 0 Å². The highest BCUT2D eigenvalue weighted by atomic mass is 127. The molecule has 1 heterocycles. The van der Waals surface area contributed by atoms with Crippen molar-refractivity contribution in [2.24, 2.45) is 10.4 Å². The summed E-state index contributed by atoms with van der Waals surface area (Å²) in [6, 6.07) is 10.5. The number of nitrogens with one attached hydrogen (secondary N) is 1. The maximum atomic E-state index is 5.72. The molecule has 1 aliphatic rings. The lowest BCUT2D eigenvalue weighted by Crippen LogP contribution is -2.41. The van der Waals surface area contributed by atoms with E-state index in [4.69, 9.17) is 4.74 Å². The molecule has 1 N–H and O–H groups in total. The molecule has 1 aromatic carbocycles. The van der Waals surface area contributed by atoms with Crippen molar-refractivity contribution in [1.82, 2.24) is 10.2 Å². The van der Waals surface area contributed by atoms with Crippen LogP contribution in [0, 0.1) is 5.41 Å².